The van der Waals surface area contributed by atoms with Crippen LogP contribution >= 0.6 is 23.1 Å². The Labute approximate surface area is 267 Å². The monoisotopic (exact) mass is 643 g/mol. The summed E-state index contributed by atoms with van der Waals surface area (Å²) >= 11 is 2.10. The van der Waals surface area contributed by atoms with Crippen molar-refractivity contribution in [3.05, 3.63) is 104 Å². The lowest BCUT2D eigenvalue weighted by Crippen LogP contribution is -2.33. The predicted octanol–water partition coefficient (Wildman–Crippen LogP) is 4.84. The van der Waals surface area contributed by atoms with Crippen molar-refractivity contribution in [1.82, 2.24) is 4.57 Å². The number of hydrogen-bond donors (Lipinski definition) is 1. The zero-order valence-corrected chi connectivity index (χ0v) is 26.3. The maximum Gasteiger partial charge on any atom is 0.338 e. The molecule has 3 aromatic carbocycles. The van der Waals surface area contributed by atoms with E-state index < -0.39 is 40.8 Å². The van der Waals surface area contributed by atoms with E-state index in [2.05, 4.69) is 5.32 Å². The number of esters is 1. The van der Waals surface area contributed by atoms with Gasteiger partial charge in [-0.2, -0.15) is 0 Å². The van der Waals surface area contributed by atoms with Crippen LogP contribution < -0.4 is 19.8 Å². The highest BCUT2D eigenvalue weighted by Gasteiger charge is 2.57. The Balaban J connectivity index is 1.40. The van der Waals surface area contributed by atoms with Crippen molar-refractivity contribution < 1.29 is 28.7 Å². The topological polar surface area (TPSA) is 124 Å². The van der Waals surface area contributed by atoms with Crippen LogP contribution in [0.3, 0.4) is 0 Å². The molecule has 1 saturated heterocycles. The van der Waals surface area contributed by atoms with Crippen LogP contribution in [0.25, 0.3) is 0 Å². The van der Waals surface area contributed by atoms with Gasteiger partial charge in [-0.05, 0) is 61.9 Å². The molecule has 6 rings (SSSR count). The molecule has 0 bridgehead atoms. The lowest BCUT2D eigenvalue weighted by atomic mass is 9.82. The fourth-order valence-corrected chi connectivity index (χ4v) is 8.56. The van der Waals surface area contributed by atoms with Crippen LogP contribution in [0.15, 0.2) is 82.6 Å². The van der Waals surface area contributed by atoms with Crippen molar-refractivity contribution in [3.63, 3.8) is 0 Å². The third-order valence-electron chi connectivity index (χ3n) is 7.76. The number of carbonyl (C=O) groups excluding carboxylic acids is 4. The number of rotatable bonds is 8. The first kappa shape index (κ1) is 30.4. The number of methoxy groups -OCH3 is 1. The number of carbonyl (C=O) groups is 4. The number of imide groups is 1. The van der Waals surface area contributed by atoms with Gasteiger partial charge in [0.1, 0.15) is 17.5 Å². The summed E-state index contributed by atoms with van der Waals surface area (Å²) in [4.78, 5) is 68.3. The van der Waals surface area contributed by atoms with E-state index in [0.717, 1.165) is 33.6 Å². The first-order valence-electron chi connectivity index (χ1n) is 14.3. The molecule has 2 aliphatic rings. The van der Waals surface area contributed by atoms with Gasteiger partial charge in [-0.15, -0.1) is 0 Å². The molecule has 45 heavy (non-hydrogen) atoms. The minimum atomic E-state index is -0.871. The summed E-state index contributed by atoms with van der Waals surface area (Å²) in [7, 11) is 1.52. The third-order valence-corrected chi connectivity index (χ3v) is 10.4. The molecule has 0 radical (unpaired) electrons. The molecule has 4 aromatic rings. The maximum absolute atomic E-state index is 14.2. The lowest BCUT2D eigenvalue weighted by molar-refractivity contribution is -0.122. The van der Waals surface area contributed by atoms with Crippen molar-refractivity contribution in [2.24, 2.45) is 5.92 Å². The van der Waals surface area contributed by atoms with Gasteiger partial charge < -0.3 is 14.8 Å². The Kier molecular flexibility index (Phi) is 8.34. The number of para-hydroxylation sites is 1. The van der Waals surface area contributed by atoms with Gasteiger partial charge in [0.05, 0.1) is 35.9 Å². The molecule has 0 saturated carbocycles. The Hall–Kier alpha value is -4.68. The molecule has 10 nitrogen and oxygen atoms in total. The molecule has 3 amide bonds. The minimum Gasteiger partial charge on any atom is -0.496 e. The van der Waals surface area contributed by atoms with Gasteiger partial charge in [-0.1, -0.05) is 53.4 Å². The Morgan fingerprint density at radius 1 is 0.956 bits per heavy atom. The average molecular weight is 644 g/mol. The second kappa shape index (κ2) is 12.4. The van der Waals surface area contributed by atoms with E-state index in [0.29, 0.717) is 38.2 Å². The van der Waals surface area contributed by atoms with Crippen LogP contribution in [0, 0.1) is 12.8 Å². The highest BCUT2D eigenvalue weighted by atomic mass is 32.2. The zero-order chi connectivity index (χ0) is 31.8. The first-order valence-corrected chi connectivity index (χ1v) is 16.0. The zero-order valence-electron chi connectivity index (χ0n) is 24.6. The number of amides is 3. The highest BCUT2D eigenvalue weighted by Crippen LogP contribution is 2.55. The second-order valence-electron chi connectivity index (χ2n) is 10.6. The van der Waals surface area contributed by atoms with Crippen LogP contribution in [-0.2, 0) is 25.7 Å². The number of aromatic nitrogens is 1. The van der Waals surface area contributed by atoms with Crippen molar-refractivity contribution >= 4 is 58.2 Å². The van der Waals surface area contributed by atoms with Crippen LogP contribution in [-0.4, -0.2) is 47.2 Å². The quantitative estimate of drug-likeness (QED) is 0.214. The highest BCUT2D eigenvalue weighted by molar-refractivity contribution is 8.00. The fraction of sp³-hybridized carbons (Fsp3) is 0.242. The summed E-state index contributed by atoms with van der Waals surface area (Å²) in [6, 6.07) is 20.7. The van der Waals surface area contributed by atoms with Crippen LogP contribution in [0.2, 0.25) is 0 Å². The molecule has 1 aromatic heterocycles. The summed E-state index contributed by atoms with van der Waals surface area (Å²) in [5.74, 6) is -2.77. The summed E-state index contributed by atoms with van der Waals surface area (Å²) in [5.41, 5.74) is 2.87. The van der Waals surface area contributed by atoms with Gasteiger partial charge >= 0.3 is 10.8 Å². The predicted molar refractivity (Wildman–Crippen MR) is 171 cm³/mol. The molecule has 1 fully saturated rings. The Morgan fingerprint density at radius 2 is 1.71 bits per heavy atom. The number of thioether (sulfide) groups is 1. The molecule has 0 aliphatic carbocycles. The molecular weight excluding hydrogens is 615 g/mol. The van der Waals surface area contributed by atoms with E-state index in [-0.39, 0.29) is 18.0 Å². The number of thiazole rings is 1. The van der Waals surface area contributed by atoms with Gasteiger partial charge in [-0.25, -0.2) is 9.69 Å². The normalized spacial score (nSPS) is 18.7. The van der Waals surface area contributed by atoms with E-state index in [1.165, 1.54) is 23.8 Å². The number of benzene rings is 3. The van der Waals surface area contributed by atoms with Gasteiger partial charge in [-0.3, -0.25) is 23.7 Å². The summed E-state index contributed by atoms with van der Waals surface area (Å²) in [5, 5.41) is 2.45. The standard InChI is InChI=1S/C33H29N3O7S2/c1-4-43-32(40)19-12-14-21(15-13-19)36-29(38)26-25(22-10-5-6-11-23(22)42-3)28-31(44-27(26)30(36)39)35(33(41)45-28)17-24(37)34-20-9-7-8-18(2)16-20/h5-16,25-27H,4,17H2,1-3H3,(H,34,37). The van der Waals surface area contributed by atoms with Gasteiger partial charge in [0.25, 0.3) is 0 Å². The average Bonchev–Trinajstić information content (AvgIpc) is 3.47. The first-order chi connectivity index (χ1) is 21.7. The smallest absolute Gasteiger partial charge is 0.338 e. The largest absolute Gasteiger partial charge is 0.496 e. The van der Waals surface area contributed by atoms with Crippen molar-refractivity contribution in [3.8, 4) is 5.75 Å². The summed E-state index contributed by atoms with van der Waals surface area (Å²) < 4.78 is 12.1. The molecule has 0 spiro atoms. The van der Waals surface area contributed by atoms with Gasteiger partial charge in [0.15, 0.2) is 0 Å². The number of anilines is 2. The van der Waals surface area contributed by atoms with Crippen molar-refractivity contribution in [1.29, 1.82) is 0 Å². The molecule has 2 aliphatic heterocycles. The van der Waals surface area contributed by atoms with Crippen LogP contribution in [0.1, 0.15) is 39.2 Å². The molecule has 3 atom stereocenters. The molecule has 3 unspecified atom stereocenters. The van der Waals surface area contributed by atoms with Crippen molar-refractivity contribution in [2.75, 3.05) is 23.9 Å². The molecule has 3 heterocycles. The van der Waals surface area contributed by atoms with E-state index >= 15 is 0 Å². The maximum atomic E-state index is 14.2. The van der Waals surface area contributed by atoms with Crippen LogP contribution in [0.4, 0.5) is 11.4 Å². The molecular formula is C33H29N3O7S2. The number of hydrogen-bond acceptors (Lipinski definition) is 9. The summed E-state index contributed by atoms with van der Waals surface area (Å²) in [6.07, 6.45) is 0. The van der Waals surface area contributed by atoms with E-state index in [4.69, 9.17) is 9.47 Å². The number of nitrogens with zero attached hydrogens (tertiary/aromatic N) is 2. The van der Waals surface area contributed by atoms with Crippen LogP contribution in [0.5, 0.6) is 5.75 Å². The van der Waals surface area contributed by atoms with E-state index in [1.807, 2.05) is 37.3 Å². The van der Waals surface area contributed by atoms with Gasteiger partial charge in [0, 0.05) is 22.0 Å². The number of fused-ring (bicyclic) bond motifs is 2. The minimum absolute atomic E-state index is 0.220. The third kappa shape index (κ3) is 5.55. The van der Waals surface area contributed by atoms with Crippen molar-refractivity contribution in [2.45, 2.75) is 36.6 Å². The second-order valence-corrected chi connectivity index (χ2v) is 12.7. The molecule has 12 heteroatoms. The lowest BCUT2D eigenvalue weighted by Gasteiger charge is -2.31. The number of ether oxygens (including phenoxy) is 2. The number of nitrogens with one attached hydrogen (secondary N) is 1. The number of aryl methyl sites for hydroxylation is 1. The van der Waals surface area contributed by atoms with Gasteiger partial charge in [0.2, 0.25) is 17.7 Å². The van der Waals surface area contributed by atoms with E-state index in [9.17, 15) is 24.0 Å². The Bertz CT molecular complexity index is 1880. The Morgan fingerprint density at radius 3 is 2.42 bits per heavy atom. The fourth-order valence-electron chi connectivity index (χ4n) is 5.80. The summed E-state index contributed by atoms with van der Waals surface area (Å²) in [6.45, 7) is 3.58. The molecule has 230 valence electrons. The SMILES string of the molecule is CCOC(=O)c1ccc(N2C(=O)C3Sc4c(sc(=O)n4CC(=O)Nc4cccc(C)c4)C(c4ccccc4OC)C3C2=O)cc1. The van der Waals surface area contributed by atoms with E-state index in [1.54, 1.807) is 37.3 Å². The molecule has 1 N–H and O–H groups in total.